The predicted octanol–water partition coefficient (Wildman–Crippen LogP) is 3.13. The molecule has 0 spiro atoms. The molecule has 1 aliphatic carbocycles. The highest BCUT2D eigenvalue weighted by Gasteiger charge is 2.12. The monoisotopic (exact) mass is 209 g/mol. The van der Waals surface area contributed by atoms with Crippen molar-refractivity contribution in [1.82, 2.24) is 5.32 Å². The van der Waals surface area contributed by atoms with Crippen molar-refractivity contribution in [2.75, 3.05) is 7.05 Å². The van der Waals surface area contributed by atoms with Gasteiger partial charge in [0.05, 0.1) is 0 Å². The number of fused-ring (bicyclic) bond motifs is 1. The standard InChI is InChI=1S/C12H19NS/c1-13-8-10-9-14-12-7-5-3-2-4-6-11(10)12/h9,13H,2-8H2,1H3. The van der Waals surface area contributed by atoms with Crippen LogP contribution >= 0.6 is 11.3 Å². The van der Waals surface area contributed by atoms with Gasteiger partial charge in [-0.3, -0.25) is 0 Å². The number of hydrogen-bond acceptors (Lipinski definition) is 2. The minimum absolute atomic E-state index is 1.05. The van der Waals surface area contributed by atoms with Crippen molar-refractivity contribution in [3.05, 3.63) is 21.4 Å². The van der Waals surface area contributed by atoms with Crippen LogP contribution in [0.25, 0.3) is 0 Å². The smallest absolute Gasteiger partial charge is 0.0213 e. The number of aryl methyl sites for hydroxylation is 1. The van der Waals surface area contributed by atoms with Gasteiger partial charge in [-0.15, -0.1) is 11.3 Å². The van der Waals surface area contributed by atoms with E-state index in [1.807, 2.05) is 18.4 Å². The lowest BCUT2D eigenvalue weighted by molar-refractivity contribution is 0.618. The summed E-state index contributed by atoms with van der Waals surface area (Å²) >= 11 is 1.97. The Bertz CT molecular complexity index is 277. The van der Waals surface area contributed by atoms with Crippen LogP contribution in [0, 0.1) is 0 Å². The second-order valence-electron chi connectivity index (χ2n) is 4.11. The molecule has 14 heavy (non-hydrogen) atoms. The molecule has 1 aliphatic rings. The van der Waals surface area contributed by atoms with Crippen LogP contribution in [0.2, 0.25) is 0 Å². The summed E-state index contributed by atoms with van der Waals surface area (Å²) < 4.78 is 0. The third-order valence-electron chi connectivity index (χ3n) is 3.02. The molecule has 2 rings (SSSR count). The van der Waals surface area contributed by atoms with E-state index in [1.165, 1.54) is 38.5 Å². The number of hydrogen-bond donors (Lipinski definition) is 1. The topological polar surface area (TPSA) is 12.0 Å². The van der Waals surface area contributed by atoms with Crippen molar-refractivity contribution in [3.63, 3.8) is 0 Å². The van der Waals surface area contributed by atoms with E-state index in [9.17, 15) is 0 Å². The number of thiophene rings is 1. The van der Waals surface area contributed by atoms with Crippen molar-refractivity contribution >= 4 is 11.3 Å². The molecule has 1 N–H and O–H groups in total. The zero-order valence-electron chi connectivity index (χ0n) is 8.94. The Hall–Kier alpha value is -0.340. The Morgan fingerprint density at radius 2 is 2.00 bits per heavy atom. The molecular weight excluding hydrogens is 190 g/mol. The highest BCUT2D eigenvalue weighted by Crippen LogP contribution is 2.28. The number of nitrogens with one attached hydrogen (secondary N) is 1. The molecule has 2 heteroatoms. The van der Waals surface area contributed by atoms with Crippen LogP contribution in [-0.4, -0.2) is 7.05 Å². The summed E-state index contributed by atoms with van der Waals surface area (Å²) in [5, 5.41) is 5.62. The van der Waals surface area contributed by atoms with E-state index in [-0.39, 0.29) is 0 Å². The van der Waals surface area contributed by atoms with Gasteiger partial charge in [-0.05, 0) is 49.2 Å². The van der Waals surface area contributed by atoms with E-state index in [1.54, 1.807) is 16.0 Å². The van der Waals surface area contributed by atoms with Gasteiger partial charge in [0.25, 0.3) is 0 Å². The van der Waals surface area contributed by atoms with Gasteiger partial charge in [0, 0.05) is 11.4 Å². The maximum Gasteiger partial charge on any atom is 0.0213 e. The summed E-state index contributed by atoms with van der Waals surface area (Å²) in [5.41, 5.74) is 3.22. The Labute approximate surface area is 90.5 Å². The minimum atomic E-state index is 1.05. The lowest BCUT2D eigenvalue weighted by Crippen LogP contribution is -2.07. The number of rotatable bonds is 2. The van der Waals surface area contributed by atoms with E-state index in [0.29, 0.717) is 0 Å². The average Bonchev–Trinajstić information content (AvgIpc) is 2.48. The molecule has 0 aromatic carbocycles. The van der Waals surface area contributed by atoms with E-state index in [2.05, 4.69) is 10.7 Å². The first kappa shape index (κ1) is 10.2. The van der Waals surface area contributed by atoms with E-state index >= 15 is 0 Å². The van der Waals surface area contributed by atoms with Crippen molar-refractivity contribution in [2.24, 2.45) is 0 Å². The van der Waals surface area contributed by atoms with Gasteiger partial charge in [-0.2, -0.15) is 0 Å². The van der Waals surface area contributed by atoms with Crippen LogP contribution < -0.4 is 5.32 Å². The maximum absolute atomic E-state index is 3.26. The zero-order valence-corrected chi connectivity index (χ0v) is 9.75. The SMILES string of the molecule is CNCc1csc2c1CCCCCC2. The first-order valence-electron chi connectivity index (χ1n) is 5.64. The van der Waals surface area contributed by atoms with Gasteiger partial charge in [-0.25, -0.2) is 0 Å². The third-order valence-corrected chi connectivity index (χ3v) is 4.15. The second kappa shape index (κ2) is 4.94. The van der Waals surface area contributed by atoms with Gasteiger partial charge in [0.15, 0.2) is 0 Å². The van der Waals surface area contributed by atoms with Gasteiger partial charge in [0.2, 0.25) is 0 Å². The summed E-state index contributed by atoms with van der Waals surface area (Å²) in [5.74, 6) is 0. The summed E-state index contributed by atoms with van der Waals surface area (Å²) in [6, 6.07) is 0. The van der Waals surface area contributed by atoms with Crippen molar-refractivity contribution in [2.45, 2.75) is 45.1 Å². The normalized spacial score (nSPS) is 17.2. The quantitative estimate of drug-likeness (QED) is 0.789. The lowest BCUT2D eigenvalue weighted by atomic mass is 9.97. The predicted molar refractivity (Wildman–Crippen MR) is 63.0 cm³/mol. The van der Waals surface area contributed by atoms with Crippen LogP contribution in [0.4, 0.5) is 0 Å². The molecule has 0 atom stereocenters. The summed E-state index contributed by atoms with van der Waals surface area (Å²) in [6.45, 7) is 1.05. The fraction of sp³-hybridized carbons (Fsp3) is 0.667. The van der Waals surface area contributed by atoms with Crippen molar-refractivity contribution in [3.8, 4) is 0 Å². The molecule has 1 nitrogen and oxygen atoms in total. The molecule has 0 fully saturated rings. The van der Waals surface area contributed by atoms with E-state index in [4.69, 9.17) is 0 Å². The molecule has 0 bridgehead atoms. The molecule has 1 heterocycles. The Balaban J connectivity index is 2.19. The molecule has 78 valence electrons. The summed E-state index contributed by atoms with van der Waals surface area (Å²) in [7, 11) is 2.03. The van der Waals surface area contributed by atoms with Gasteiger partial charge in [0.1, 0.15) is 0 Å². The maximum atomic E-state index is 3.26. The summed E-state index contributed by atoms with van der Waals surface area (Å²) in [4.78, 5) is 1.66. The lowest BCUT2D eigenvalue weighted by Gasteiger charge is -2.11. The Morgan fingerprint density at radius 1 is 1.21 bits per heavy atom. The minimum Gasteiger partial charge on any atom is -0.316 e. The molecule has 0 saturated carbocycles. The molecule has 0 saturated heterocycles. The van der Waals surface area contributed by atoms with Crippen LogP contribution in [0.1, 0.15) is 41.7 Å². The van der Waals surface area contributed by atoms with E-state index in [0.717, 1.165) is 6.54 Å². The van der Waals surface area contributed by atoms with Gasteiger partial charge in [-0.1, -0.05) is 12.8 Å². The van der Waals surface area contributed by atoms with Crippen molar-refractivity contribution in [1.29, 1.82) is 0 Å². The first-order valence-corrected chi connectivity index (χ1v) is 6.52. The van der Waals surface area contributed by atoms with Crippen LogP contribution in [0.3, 0.4) is 0 Å². The van der Waals surface area contributed by atoms with Gasteiger partial charge >= 0.3 is 0 Å². The Morgan fingerprint density at radius 3 is 2.79 bits per heavy atom. The van der Waals surface area contributed by atoms with Crippen LogP contribution in [-0.2, 0) is 19.4 Å². The van der Waals surface area contributed by atoms with Crippen LogP contribution in [0.15, 0.2) is 5.38 Å². The van der Waals surface area contributed by atoms with Crippen LogP contribution in [0.5, 0.6) is 0 Å². The fourth-order valence-corrected chi connectivity index (χ4v) is 3.40. The molecule has 1 aromatic heterocycles. The highest BCUT2D eigenvalue weighted by molar-refractivity contribution is 7.10. The van der Waals surface area contributed by atoms with E-state index < -0.39 is 0 Å². The second-order valence-corrected chi connectivity index (χ2v) is 5.07. The Kier molecular flexibility index (Phi) is 3.60. The molecule has 0 amide bonds. The molecule has 0 unspecified atom stereocenters. The van der Waals surface area contributed by atoms with Gasteiger partial charge < -0.3 is 5.32 Å². The molecule has 0 radical (unpaired) electrons. The third kappa shape index (κ3) is 2.18. The average molecular weight is 209 g/mol. The zero-order chi connectivity index (χ0) is 9.80. The molecule has 1 aromatic rings. The molecule has 0 aliphatic heterocycles. The first-order chi connectivity index (χ1) is 6.92. The molecular formula is C12H19NS. The van der Waals surface area contributed by atoms with Crippen molar-refractivity contribution < 1.29 is 0 Å². The largest absolute Gasteiger partial charge is 0.316 e. The fourth-order valence-electron chi connectivity index (χ4n) is 2.25. The highest BCUT2D eigenvalue weighted by atomic mass is 32.1. The summed E-state index contributed by atoms with van der Waals surface area (Å²) in [6.07, 6.45) is 8.28.